The largest absolute Gasteiger partial charge is 0.508 e. The van der Waals surface area contributed by atoms with Crippen LogP contribution in [-0.4, -0.2) is 39.2 Å². The Bertz CT molecular complexity index is 453. The Morgan fingerprint density at radius 3 is 2.41 bits per heavy atom. The van der Waals surface area contributed by atoms with Crippen molar-refractivity contribution < 1.29 is 24.1 Å². The first-order valence-corrected chi connectivity index (χ1v) is 11.2. The molecule has 0 spiro atoms. The molecule has 0 aromatic heterocycles. The SMILES string of the molecule is CCOC(=O)[C@H](OCOCC[Si](C)(C)C)c1ccc(O)cc1. The van der Waals surface area contributed by atoms with Crippen molar-refractivity contribution in [2.45, 2.75) is 38.7 Å². The third kappa shape index (κ3) is 7.06. The van der Waals surface area contributed by atoms with Crippen LogP contribution in [-0.2, 0) is 19.0 Å². The highest BCUT2D eigenvalue weighted by atomic mass is 28.3. The Kier molecular flexibility index (Phi) is 7.57. The van der Waals surface area contributed by atoms with Gasteiger partial charge in [-0.1, -0.05) is 31.8 Å². The standard InChI is InChI=1S/C16H26O5Si/c1-5-20-16(18)15(13-6-8-14(17)9-7-13)21-12-19-10-11-22(2,3)4/h6-9,15,17H,5,10-12H2,1-4H3/t15-/m1/s1. The second-order valence-corrected chi connectivity index (χ2v) is 11.8. The molecule has 1 aromatic carbocycles. The van der Waals surface area contributed by atoms with E-state index in [9.17, 15) is 9.90 Å². The number of phenols is 1. The van der Waals surface area contributed by atoms with Crippen LogP contribution in [0.5, 0.6) is 5.75 Å². The lowest BCUT2D eigenvalue weighted by molar-refractivity contribution is -0.167. The summed E-state index contributed by atoms with van der Waals surface area (Å²) in [4.78, 5) is 12.0. The number of rotatable bonds is 9. The second kappa shape index (κ2) is 8.92. The van der Waals surface area contributed by atoms with Gasteiger partial charge in [0.15, 0.2) is 6.10 Å². The molecule has 5 nitrogen and oxygen atoms in total. The molecule has 1 aromatic rings. The van der Waals surface area contributed by atoms with Crippen molar-refractivity contribution in [2.24, 2.45) is 0 Å². The first-order valence-electron chi connectivity index (χ1n) is 7.48. The number of aromatic hydroxyl groups is 1. The van der Waals surface area contributed by atoms with E-state index in [1.54, 1.807) is 19.1 Å². The van der Waals surface area contributed by atoms with Gasteiger partial charge in [0.05, 0.1) is 6.61 Å². The number of hydrogen-bond acceptors (Lipinski definition) is 5. The van der Waals surface area contributed by atoms with Crippen molar-refractivity contribution in [1.82, 2.24) is 0 Å². The van der Waals surface area contributed by atoms with Crippen molar-refractivity contribution in [3.05, 3.63) is 29.8 Å². The molecule has 0 bridgehead atoms. The van der Waals surface area contributed by atoms with Crippen LogP contribution in [0.25, 0.3) is 0 Å². The summed E-state index contributed by atoms with van der Waals surface area (Å²) in [5.41, 5.74) is 0.630. The maximum absolute atomic E-state index is 12.0. The van der Waals surface area contributed by atoms with Gasteiger partial charge in [0, 0.05) is 14.7 Å². The molecule has 22 heavy (non-hydrogen) atoms. The molecule has 0 amide bonds. The molecule has 6 heteroatoms. The van der Waals surface area contributed by atoms with Crippen molar-refractivity contribution >= 4 is 14.0 Å². The smallest absolute Gasteiger partial charge is 0.340 e. The molecule has 1 rings (SSSR count). The molecule has 0 heterocycles. The number of carbonyl (C=O) groups is 1. The van der Waals surface area contributed by atoms with E-state index in [2.05, 4.69) is 19.6 Å². The molecular formula is C16H26O5Si. The first kappa shape index (κ1) is 18.7. The third-order valence-electron chi connectivity index (χ3n) is 3.01. The van der Waals surface area contributed by atoms with Crippen molar-refractivity contribution in [3.8, 4) is 5.75 Å². The van der Waals surface area contributed by atoms with Gasteiger partial charge in [-0.3, -0.25) is 0 Å². The third-order valence-corrected chi connectivity index (χ3v) is 4.72. The predicted molar refractivity (Wildman–Crippen MR) is 87.5 cm³/mol. The Morgan fingerprint density at radius 2 is 1.86 bits per heavy atom. The van der Waals surface area contributed by atoms with E-state index >= 15 is 0 Å². The molecule has 0 radical (unpaired) electrons. The van der Waals surface area contributed by atoms with E-state index < -0.39 is 20.1 Å². The highest BCUT2D eigenvalue weighted by Gasteiger charge is 2.23. The van der Waals surface area contributed by atoms with Gasteiger partial charge in [-0.05, 0) is 30.7 Å². The van der Waals surface area contributed by atoms with Crippen LogP contribution in [0.4, 0.5) is 0 Å². The number of ether oxygens (including phenoxy) is 3. The van der Waals surface area contributed by atoms with Crippen molar-refractivity contribution in [2.75, 3.05) is 20.0 Å². The molecule has 0 unspecified atom stereocenters. The molecule has 0 aliphatic carbocycles. The minimum atomic E-state index is -1.14. The number of hydrogen-bond donors (Lipinski definition) is 1. The summed E-state index contributed by atoms with van der Waals surface area (Å²) in [5.74, 6) is -0.320. The minimum absolute atomic E-state index is 0.0365. The van der Waals surface area contributed by atoms with Crippen LogP contribution < -0.4 is 0 Å². The zero-order valence-corrected chi connectivity index (χ0v) is 14.8. The van der Waals surface area contributed by atoms with Crippen molar-refractivity contribution in [1.29, 1.82) is 0 Å². The molecule has 0 aliphatic heterocycles. The average Bonchev–Trinajstić information content (AvgIpc) is 2.43. The average molecular weight is 326 g/mol. The predicted octanol–water partition coefficient (Wildman–Crippen LogP) is 3.33. The molecule has 0 aliphatic rings. The lowest BCUT2D eigenvalue weighted by atomic mass is 10.1. The molecule has 0 fully saturated rings. The van der Waals surface area contributed by atoms with Gasteiger partial charge in [0.25, 0.3) is 0 Å². The summed E-state index contributed by atoms with van der Waals surface area (Å²) in [5, 5.41) is 9.32. The highest BCUT2D eigenvalue weighted by Crippen LogP contribution is 2.22. The summed E-state index contributed by atoms with van der Waals surface area (Å²) < 4.78 is 16.0. The zero-order chi connectivity index (χ0) is 16.6. The van der Waals surface area contributed by atoms with E-state index in [0.717, 1.165) is 6.04 Å². The van der Waals surface area contributed by atoms with E-state index in [-0.39, 0.29) is 19.1 Å². The fraction of sp³-hybridized carbons (Fsp3) is 0.562. The topological polar surface area (TPSA) is 65.0 Å². The summed E-state index contributed by atoms with van der Waals surface area (Å²) in [6.07, 6.45) is -0.840. The van der Waals surface area contributed by atoms with Crippen molar-refractivity contribution in [3.63, 3.8) is 0 Å². The highest BCUT2D eigenvalue weighted by molar-refractivity contribution is 6.76. The molecule has 1 atom stereocenters. The summed E-state index contributed by atoms with van der Waals surface area (Å²) >= 11 is 0. The van der Waals surface area contributed by atoms with E-state index in [1.165, 1.54) is 12.1 Å². The van der Waals surface area contributed by atoms with Gasteiger partial charge < -0.3 is 19.3 Å². The molecule has 1 N–H and O–H groups in total. The van der Waals surface area contributed by atoms with Crippen LogP contribution in [0, 0.1) is 0 Å². The lowest BCUT2D eigenvalue weighted by Gasteiger charge is -2.18. The molecular weight excluding hydrogens is 300 g/mol. The zero-order valence-electron chi connectivity index (χ0n) is 13.8. The maximum atomic E-state index is 12.0. The number of esters is 1. The fourth-order valence-corrected chi connectivity index (χ4v) is 2.48. The van der Waals surface area contributed by atoms with Crippen LogP contribution in [0.1, 0.15) is 18.6 Å². The fourth-order valence-electron chi connectivity index (χ4n) is 1.72. The molecule has 0 saturated carbocycles. The van der Waals surface area contributed by atoms with E-state index in [1.807, 2.05) is 0 Å². The Hall–Kier alpha value is -1.37. The van der Waals surface area contributed by atoms with Gasteiger partial charge >= 0.3 is 5.97 Å². The van der Waals surface area contributed by atoms with Gasteiger partial charge in [-0.2, -0.15) is 0 Å². The van der Waals surface area contributed by atoms with Gasteiger partial charge in [0.1, 0.15) is 12.5 Å². The normalized spacial score (nSPS) is 12.9. The molecule has 0 saturated heterocycles. The summed E-state index contributed by atoms with van der Waals surface area (Å²) in [6, 6.07) is 7.34. The van der Waals surface area contributed by atoms with Crippen LogP contribution in [0.3, 0.4) is 0 Å². The maximum Gasteiger partial charge on any atom is 0.340 e. The van der Waals surface area contributed by atoms with E-state index in [0.29, 0.717) is 12.2 Å². The summed E-state index contributed by atoms with van der Waals surface area (Å²) in [7, 11) is -1.14. The molecule has 124 valence electrons. The Labute approximate surface area is 133 Å². The lowest BCUT2D eigenvalue weighted by Crippen LogP contribution is -2.23. The van der Waals surface area contributed by atoms with E-state index in [4.69, 9.17) is 14.2 Å². The first-order chi connectivity index (χ1) is 10.3. The van der Waals surface area contributed by atoms with Crippen LogP contribution in [0.2, 0.25) is 25.7 Å². The van der Waals surface area contributed by atoms with Gasteiger partial charge in [-0.25, -0.2) is 4.79 Å². The van der Waals surface area contributed by atoms with Crippen LogP contribution >= 0.6 is 0 Å². The van der Waals surface area contributed by atoms with Crippen LogP contribution in [0.15, 0.2) is 24.3 Å². The van der Waals surface area contributed by atoms with Gasteiger partial charge in [0.2, 0.25) is 0 Å². The minimum Gasteiger partial charge on any atom is -0.508 e. The van der Waals surface area contributed by atoms with Gasteiger partial charge in [-0.15, -0.1) is 0 Å². The Morgan fingerprint density at radius 1 is 1.23 bits per heavy atom. The summed E-state index contributed by atoms with van der Waals surface area (Å²) in [6.45, 7) is 9.51. The number of phenolic OH excluding ortho intramolecular Hbond substituents is 1. The quantitative estimate of drug-likeness (QED) is 0.326. The Balaban J connectivity index is 2.56. The second-order valence-electron chi connectivity index (χ2n) is 6.23. The number of carbonyl (C=O) groups excluding carboxylic acids is 1. The number of benzene rings is 1. The monoisotopic (exact) mass is 326 g/mol.